The first kappa shape index (κ1) is 32.6. The van der Waals surface area contributed by atoms with E-state index in [1.54, 1.807) is 27.8 Å². The molecule has 3 aliphatic rings. The Bertz CT molecular complexity index is 1580. The van der Waals surface area contributed by atoms with E-state index < -0.39 is 35.3 Å². The predicted molar refractivity (Wildman–Crippen MR) is 169 cm³/mol. The van der Waals surface area contributed by atoms with Crippen LogP contribution in [0.3, 0.4) is 0 Å². The lowest BCUT2D eigenvalue weighted by Crippen LogP contribution is -2.47. The van der Waals surface area contributed by atoms with E-state index >= 15 is 0 Å². The Morgan fingerprint density at radius 2 is 1.74 bits per heavy atom. The van der Waals surface area contributed by atoms with Crippen LogP contribution in [-0.2, 0) is 4.74 Å². The van der Waals surface area contributed by atoms with Crippen LogP contribution in [-0.4, -0.2) is 99.4 Å². The number of anilines is 2. The molecule has 0 bridgehead atoms. The fourth-order valence-electron chi connectivity index (χ4n) is 6.48. The Balaban J connectivity index is 1.13. The van der Waals surface area contributed by atoms with Gasteiger partial charge in [-0.05, 0) is 77.1 Å². The Labute approximate surface area is 273 Å². The lowest BCUT2D eigenvalue weighted by atomic mass is 9.93. The number of piperidine rings is 1. The molecule has 2 unspecified atom stereocenters. The van der Waals surface area contributed by atoms with Gasteiger partial charge in [0.05, 0.1) is 11.6 Å². The lowest BCUT2D eigenvalue weighted by molar-refractivity contribution is 0.0224. The van der Waals surface area contributed by atoms with Crippen LogP contribution in [0.5, 0.6) is 0 Å². The number of carbonyl (C=O) groups is 2. The molecule has 0 radical (unpaired) electrons. The highest BCUT2D eigenvalue weighted by Crippen LogP contribution is 2.39. The first-order valence-corrected chi connectivity index (χ1v) is 16.3. The number of rotatable bonds is 8. The zero-order valence-electron chi connectivity index (χ0n) is 27.5. The van der Waals surface area contributed by atoms with E-state index in [0.29, 0.717) is 43.1 Å². The minimum absolute atomic E-state index is 0.0407. The van der Waals surface area contributed by atoms with Crippen molar-refractivity contribution in [2.75, 3.05) is 49.6 Å². The molecule has 252 valence electrons. The average Bonchev–Trinajstić information content (AvgIpc) is 3.61. The van der Waals surface area contributed by atoms with Gasteiger partial charge in [0.1, 0.15) is 17.2 Å². The van der Waals surface area contributed by atoms with Gasteiger partial charge in [-0.3, -0.25) is 4.79 Å². The van der Waals surface area contributed by atoms with Crippen molar-refractivity contribution in [3.63, 3.8) is 0 Å². The largest absolute Gasteiger partial charge is 0.444 e. The molecule has 2 aliphatic heterocycles. The normalized spacial score (nSPS) is 20.4. The number of likely N-dealkylation sites (N-methyl/N-ethyl adjacent to an activating group) is 1. The van der Waals surface area contributed by atoms with Gasteiger partial charge in [-0.1, -0.05) is 5.16 Å². The maximum Gasteiger partial charge on any atom is 0.410 e. The number of halogens is 2. The fourth-order valence-corrected chi connectivity index (χ4v) is 6.48. The molecule has 3 fully saturated rings. The van der Waals surface area contributed by atoms with Crippen LogP contribution in [0.25, 0.3) is 0 Å². The average molecular weight is 653 g/mol. The molecule has 3 aromatic rings. The summed E-state index contributed by atoms with van der Waals surface area (Å²) in [7, 11) is 1.59. The molecule has 0 N–H and O–H groups in total. The first-order chi connectivity index (χ1) is 22.4. The third kappa shape index (κ3) is 7.15. The van der Waals surface area contributed by atoms with Crippen molar-refractivity contribution >= 4 is 24.0 Å². The van der Waals surface area contributed by atoms with E-state index in [0.717, 1.165) is 43.6 Å². The van der Waals surface area contributed by atoms with Gasteiger partial charge in [-0.2, -0.15) is 4.98 Å². The molecular weight excluding hydrogens is 610 g/mol. The molecule has 1 aliphatic carbocycles. The lowest BCUT2D eigenvalue weighted by Gasteiger charge is -2.37. The zero-order chi connectivity index (χ0) is 33.5. The third-order valence-electron chi connectivity index (χ3n) is 9.14. The minimum Gasteiger partial charge on any atom is -0.444 e. The van der Waals surface area contributed by atoms with E-state index in [9.17, 15) is 18.4 Å². The second-order valence-corrected chi connectivity index (χ2v) is 13.6. The van der Waals surface area contributed by atoms with Crippen LogP contribution in [0.15, 0.2) is 35.1 Å². The number of ether oxygens (including phenoxy) is 1. The van der Waals surface area contributed by atoms with Gasteiger partial charge in [0, 0.05) is 70.0 Å². The molecule has 0 spiro atoms. The van der Waals surface area contributed by atoms with E-state index in [4.69, 9.17) is 9.26 Å². The standard InChI is InChI=1S/C33H42F2N8O4/c1-6-43(23-11-13-41(14-12-23)31-38-28(39-47-31)20-7-8-20)29(44)21-16-36-30(37-17-21)42-18-25(24-15-22(34)9-10-26(24)35)27(19-42)40(5)32(45)46-33(2,3)4/h9-10,15-17,20,23,25,27H,6-8,11-14,18-19H2,1-5H3. The summed E-state index contributed by atoms with van der Waals surface area (Å²) in [4.78, 5) is 47.4. The number of hydrogen-bond acceptors (Lipinski definition) is 10. The van der Waals surface area contributed by atoms with Gasteiger partial charge in [0.15, 0.2) is 5.82 Å². The number of aromatic nitrogens is 4. The number of benzene rings is 1. The summed E-state index contributed by atoms with van der Waals surface area (Å²) >= 11 is 0. The van der Waals surface area contributed by atoms with Crippen LogP contribution in [0.1, 0.15) is 87.0 Å². The van der Waals surface area contributed by atoms with Crippen molar-refractivity contribution in [1.82, 2.24) is 29.9 Å². The summed E-state index contributed by atoms with van der Waals surface area (Å²) in [6.07, 6.45) is 6.18. The molecule has 6 rings (SSSR count). The molecule has 2 aromatic heterocycles. The Morgan fingerprint density at radius 3 is 2.38 bits per heavy atom. The monoisotopic (exact) mass is 652 g/mol. The van der Waals surface area contributed by atoms with E-state index in [2.05, 4.69) is 25.0 Å². The summed E-state index contributed by atoms with van der Waals surface area (Å²) in [6.45, 7) is 9.68. The maximum absolute atomic E-state index is 15.0. The predicted octanol–water partition coefficient (Wildman–Crippen LogP) is 4.99. The molecule has 4 heterocycles. The summed E-state index contributed by atoms with van der Waals surface area (Å²) in [6, 6.07) is 3.36. The number of hydrogen-bond donors (Lipinski definition) is 0. The van der Waals surface area contributed by atoms with E-state index in [1.807, 2.05) is 16.7 Å². The van der Waals surface area contributed by atoms with Gasteiger partial charge in [0.2, 0.25) is 5.95 Å². The van der Waals surface area contributed by atoms with E-state index in [-0.39, 0.29) is 30.6 Å². The third-order valence-corrected chi connectivity index (χ3v) is 9.14. The van der Waals surface area contributed by atoms with Gasteiger partial charge in [0.25, 0.3) is 5.91 Å². The number of carbonyl (C=O) groups excluding carboxylic acids is 2. The smallest absolute Gasteiger partial charge is 0.410 e. The minimum atomic E-state index is -0.730. The van der Waals surface area contributed by atoms with Gasteiger partial charge in [-0.25, -0.2) is 23.5 Å². The molecule has 47 heavy (non-hydrogen) atoms. The SMILES string of the molecule is CCN(C(=O)c1cnc(N2CC(c3cc(F)ccc3F)C(N(C)C(=O)OC(C)(C)C)C2)nc1)C1CCN(c2nc(C3CC3)no2)CC1. The molecule has 2 atom stereocenters. The molecule has 1 saturated carbocycles. The highest BCUT2D eigenvalue weighted by Gasteiger charge is 2.42. The van der Waals surface area contributed by atoms with Crippen molar-refractivity contribution in [3.05, 3.63) is 59.2 Å². The quantitative estimate of drug-likeness (QED) is 0.329. The summed E-state index contributed by atoms with van der Waals surface area (Å²) in [5, 5.41) is 4.12. The van der Waals surface area contributed by atoms with Crippen molar-refractivity contribution in [2.45, 2.75) is 82.9 Å². The topological polar surface area (TPSA) is 121 Å². The van der Waals surface area contributed by atoms with Gasteiger partial charge in [-0.15, -0.1) is 0 Å². The van der Waals surface area contributed by atoms with Crippen molar-refractivity contribution in [3.8, 4) is 0 Å². The zero-order valence-corrected chi connectivity index (χ0v) is 27.5. The first-order valence-electron chi connectivity index (χ1n) is 16.3. The van der Waals surface area contributed by atoms with Crippen LogP contribution in [0.2, 0.25) is 0 Å². The van der Waals surface area contributed by atoms with Crippen molar-refractivity contribution < 1.29 is 27.6 Å². The highest BCUT2D eigenvalue weighted by atomic mass is 19.1. The number of nitrogens with zero attached hydrogens (tertiary/aromatic N) is 8. The van der Waals surface area contributed by atoms with Crippen LogP contribution < -0.4 is 9.80 Å². The molecular formula is C33H42F2N8O4. The molecule has 2 saturated heterocycles. The molecule has 14 heteroatoms. The van der Waals surface area contributed by atoms with Crippen molar-refractivity contribution in [2.24, 2.45) is 0 Å². The maximum atomic E-state index is 15.0. The highest BCUT2D eigenvalue weighted by molar-refractivity contribution is 5.94. The van der Waals surface area contributed by atoms with Crippen molar-refractivity contribution in [1.29, 1.82) is 0 Å². The van der Waals surface area contributed by atoms with E-state index in [1.165, 1.54) is 23.4 Å². The van der Waals surface area contributed by atoms with Gasteiger partial charge >= 0.3 is 12.1 Å². The molecule has 12 nitrogen and oxygen atoms in total. The summed E-state index contributed by atoms with van der Waals surface area (Å²) in [5.41, 5.74) is -0.212. The Hall–Kier alpha value is -4.36. The summed E-state index contributed by atoms with van der Waals surface area (Å²) < 4.78 is 40.3. The molecule has 2 amide bonds. The van der Waals surface area contributed by atoms with Crippen LogP contribution in [0, 0.1) is 11.6 Å². The second kappa shape index (κ2) is 13.0. The molecule has 1 aromatic carbocycles. The van der Waals surface area contributed by atoms with Crippen LogP contribution >= 0.6 is 0 Å². The second-order valence-electron chi connectivity index (χ2n) is 13.6. The van der Waals surface area contributed by atoms with Gasteiger partial charge < -0.3 is 28.9 Å². The van der Waals surface area contributed by atoms with Crippen LogP contribution in [0.4, 0.5) is 25.5 Å². The summed E-state index contributed by atoms with van der Waals surface area (Å²) in [5.74, 6) is -0.335. The fraction of sp³-hybridized carbons (Fsp3) is 0.576. The Kier molecular flexibility index (Phi) is 9.03. The number of amides is 2. The Morgan fingerprint density at radius 1 is 1.04 bits per heavy atom.